The van der Waals surface area contributed by atoms with Gasteiger partial charge in [-0.1, -0.05) is 0 Å². The second kappa shape index (κ2) is 6.41. The molecule has 1 fully saturated rings. The van der Waals surface area contributed by atoms with Gasteiger partial charge in [-0.15, -0.1) is 0 Å². The molecule has 1 saturated heterocycles. The minimum absolute atomic E-state index is 0.100. The van der Waals surface area contributed by atoms with E-state index in [2.05, 4.69) is 14.4 Å². The smallest absolute Gasteiger partial charge is 0.349 e. The molecule has 0 spiro atoms. The Morgan fingerprint density at radius 3 is 2.82 bits per heavy atom. The zero-order chi connectivity index (χ0) is 16.5. The van der Waals surface area contributed by atoms with E-state index in [1.807, 2.05) is 0 Å². The summed E-state index contributed by atoms with van der Waals surface area (Å²) in [7, 11) is -4.74. The van der Waals surface area contributed by atoms with Crippen molar-refractivity contribution in [2.75, 3.05) is 6.61 Å². The van der Waals surface area contributed by atoms with Gasteiger partial charge in [0.1, 0.15) is 18.4 Å². The molecule has 1 unspecified atom stereocenters. The monoisotopic (exact) mass is 340 g/mol. The van der Waals surface area contributed by atoms with Crippen molar-refractivity contribution in [3.05, 3.63) is 32.6 Å². The first-order chi connectivity index (χ1) is 10.2. The Kier molecular flexibility index (Phi) is 4.95. The number of ether oxygens (including phenoxy) is 1. The molecule has 2 heterocycles. The molecule has 0 aliphatic carbocycles. The van der Waals surface area contributed by atoms with E-state index in [0.717, 1.165) is 4.57 Å². The number of phosphoric acid groups is 1. The van der Waals surface area contributed by atoms with Gasteiger partial charge in [-0.2, -0.15) is 4.94 Å². The summed E-state index contributed by atoms with van der Waals surface area (Å²) in [5, 5.41) is 0. The molecule has 0 amide bonds. The average Bonchev–Trinajstić information content (AvgIpc) is 2.83. The van der Waals surface area contributed by atoms with Crippen LogP contribution in [0.2, 0.25) is 0 Å². The maximum Gasteiger partial charge on any atom is 0.469 e. The highest BCUT2D eigenvalue weighted by Crippen LogP contribution is 2.38. The molecule has 1 aromatic heterocycles. The Morgan fingerprint density at radius 1 is 1.55 bits per heavy atom. The van der Waals surface area contributed by atoms with Crippen molar-refractivity contribution < 1.29 is 33.1 Å². The Hall–Kier alpha value is -1.36. The van der Waals surface area contributed by atoms with E-state index < -0.39 is 44.1 Å². The summed E-state index contributed by atoms with van der Waals surface area (Å²) in [6, 6.07) is 0. The predicted octanol–water partition coefficient (Wildman–Crippen LogP) is -0.488. The normalized spacial score (nSPS) is 25.5. The van der Waals surface area contributed by atoms with Crippen molar-refractivity contribution >= 4 is 7.82 Å². The van der Waals surface area contributed by atoms with E-state index in [-0.39, 0.29) is 12.0 Å². The molecule has 0 saturated carbocycles. The van der Waals surface area contributed by atoms with Crippen LogP contribution in [-0.4, -0.2) is 38.2 Å². The van der Waals surface area contributed by atoms with Gasteiger partial charge in [0.15, 0.2) is 0 Å². The standard InChI is InChI=1S/C10H14FN2O8P/c1-5-3-13(10(15)12-9(5)14)8-2-6(21-11)7(20-8)4-19-22(16,17)18/h3,6-8H,2,4H2,1H3,(H,12,14,15)(H2,16,17,18)/t6?,7-,8-/m1/s1. The van der Waals surface area contributed by atoms with Gasteiger partial charge in [0.05, 0.1) is 6.61 Å². The van der Waals surface area contributed by atoms with Gasteiger partial charge in [0.2, 0.25) is 0 Å². The molecular weight excluding hydrogens is 326 g/mol. The third-order valence-electron chi connectivity index (χ3n) is 3.16. The van der Waals surface area contributed by atoms with Crippen LogP contribution in [0.1, 0.15) is 18.2 Å². The molecule has 12 heteroatoms. The number of rotatable bonds is 5. The Morgan fingerprint density at radius 2 is 2.23 bits per heavy atom. The number of nitrogens with zero attached hydrogens (tertiary/aromatic N) is 1. The number of hydrogen-bond acceptors (Lipinski definition) is 6. The molecule has 3 atom stereocenters. The minimum atomic E-state index is -4.74. The van der Waals surface area contributed by atoms with Gasteiger partial charge < -0.3 is 14.5 Å². The van der Waals surface area contributed by atoms with Gasteiger partial charge in [0, 0.05) is 18.2 Å². The summed E-state index contributed by atoms with van der Waals surface area (Å²) in [6.45, 7) is 0.855. The number of H-pyrrole nitrogens is 1. The number of halogens is 1. The first-order valence-corrected chi connectivity index (χ1v) is 7.69. The fourth-order valence-corrected chi connectivity index (χ4v) is 2.43. The highest BCUT2D eigenvalue weighted by Gasteiger charge is 2.39. The van der Waals surface area contributed by atoms with Crippen molar-refractivity contribution in [1.82, 2.24) is 9.55 Å². The van der Waals surface area contributed by atoms with Crippen LogP contribution in [0.15, 0.2) is 15.8 Å². The van der Waals surface area contributed by atoms with Crippen molar-refractivity contribution in [1.29, 1.82) is 0 Å². The van der Waals surface area contributed by atoms with Gasteiger partial charge in [-0.05, 0) is 11.4 Å². The Balaban J connectivity index is 2.18. The summed E-state index contributed by atoms with van der Waals surface area (Å²) < 4.78 is 33.8. The number of nitrogens with one attached hydrogen (secondary N) is 1. The van der Waals surface area contributed by atoms with E-state index in [1.54, 1.807) is 0 Å². The van der Waals surface area contributed by atoms with E-state index in [4.69, 9.17) is 14.5 Å². The van der Waals surface area contributed by atoms with Crippen molar-refractivity contribution in [2.24, 2.45) is 0 Å². The highest BCUT2D eigenvalue weighted by atomic mass is 31.2. The lowest BCUT2D eigenvalue weighted by atomic mass is 10.2. The Bertz CT molecular complexity index is 697. The molecule has 0 bridgehead atoms. The van der Waals surface area contributed by atoms with Crippen LogP contribution < -0.4 is 11.2 Å². The van der Waals surface area contributed by atoms with Crippen molar-refractivity contribution in [3.8, 4) is 0 Å². The number of aromatic amines is 1. The molecule has 1 aromatic rings. The van der Waals surface area contributed by atoms with Crippen molar-refractivity contribution in [3.63, 3.8) is 0 Å². The van der Waals surface area contributed by atoms with Gasteiger partial charge in [-0.3, -0.25) is 18.9 Å². The molecule has 22 heavy (non-hydrogen) atoms. The van der Waals surface area contributed by atoms with E-state index in [9.17, 15) is 18.7 Å². The molecule has 1 aliphatic heterocycles. The molecule has 1 aliphatic rings. The maximum atomic E-state index is 12.5. The van der Waals surface area contributed by atoms with Crippen LogP contribution in [0, 0.1) is 6.92 Å². The van der Waals surface area contributed by atoms with E-state index >= 15 is 0 Å². The lowest BCUT2D eigenvalue weighted by Gasteiger charge is -2.16. The topological polar surface area (TPSA) is 140 Å². The quantitative estimate of drug-likeness (QED) is 0.610. The molecule has 0 aromatic carbocycles. The third kappa shape index (κ3) is 3.88. The van der Waals surface area contributed by atoms with Gasteiger partial charge in [0.25, 0.3) is 5.56 Å². The van der Waals surface area contributed by atoms with Crippen molar-refractivity contribution in [2.45, 2.75) is 31.8 Å². The van der Waals surface area contributed by atoms with Crippen LogP contribution in [0.5, 0.6) is 0 Å². The van der Waals surface area contributed by atoms with Gasteiger partial charge >= 0.3 is 13.5 Å². The maximum absolute atomic E-state index is 12.5. The SMILES string of the molecule is Cc1cn([C@H]2CC(OF)[C@@H](COP(=O)(O)O)O2)c(=O)[nH]c1=O. The van der Waals surface area contributed by atoms with E-state index in [0.29, 0.717) is 0 Å². The molecule has 2 rings (SSSR count). The second-order valence-corrected chi connectivity index (χ2v) is 6.00. The van der Waals surface area contributed by atoms with Crippen LogP contribution >= 0.6 is 7.82 Å². The molecular formula is C10H14FN2O8P. The molecule has 3 N–H and O–H groups in total. The summed E-state index contributed by atoms with van der Waals surface area (Å²) in [5.41, 5.74) is -1.07. The summed E-state index contributed by atoms with van der Waals surface area (Å²) in [4.78, 5) is 46.1. The highest BCUT2D eigenvalue weighted by molar-refractivity contribution is 7.46. The van der Waals surface area contributed by atoms with E-state index in [1.165, 1.54) is 13.1 Å². The van der Waals surface area contributed by atoms with Gasteiger partial charge in [-0.25, -0.2) is 9.36 Å². The first-order valence-electron chi connectivity index (χ1n) is 6.16. The predicted molar refractivity (Wildman–Crippen MR) is 68.6 cm³/mol. The molecule has 0 radical (unpaired) electrons. The molecule has 124 valence electrons. The van der Waals surface area contributed by atoms with Crippen LogP contribution in [0.25, 0.3) is 0 Å². The lowest BCUT2D eigenvalue weighted by molar-refractivity contribution is -0.197. The average molecular weight is 340 g/mol. The fourth-order valence-electron chi connectivity index (χ4n) is 2.09. The van der Waals surface area contributed by atoms with Crippen LogP contribution in [0.3, 0.4) is 0 Å². The number of aryl methyl sites for hydroxylation is 1. The van der Waals surface area contributed by atoms with Crippen LogP contribution in [-0.2, 0) is 18.8 Å². The summed E-state index contributed by atoms with van der Waals surface area (Å²) in [6.07, 6.45) is -2.11. The zero-order valence-electron chi connectivity index (χ0n) is 11.3. The summed E-state index contributed by atoms with van der Waals surface area (Å²) >= 11 is 0. The number of hydrogen-bond donors (Lipinski definition) is 3. The fraction of sp³-hybridized carbons (Fsp3) is 0.600. The minimum Gasteiger partial charge on any atom is -0.349 e. The largest absolute Gasteiger partial charge is 0.469 e. The molecule has 10 nitrogen and oxygen atoms in total. The summed E-state index contributed by atoms with van der Waals surface area (Å²) in [5.74, 6) is 0. The third-order valence-corrected chi connectivity index (χ3v) is 3.64. The van der Waals surface area contributed by atoms with Crippen LogP contribution in [0.4, 0.5) is 4.53 Å². The number of aromatic nitrogens is 2. The lowest BCUT2D eigenvalue weighted by Crippen LogP contribution is -2.33. The second-order valence-electron chi connectivity index (χ2n) is 4.76. The first kappa shape index (κ1) is 17.0. The number of phosphoric ester groups is 1. The zero-order valence-corrected chi connectivity index (χ0v) is 12.2. The Labute approximate surface area is 122 Å².